The first-order valence-electron chi connectivity index (χ1n) is 2.77. The fourth-order valence-corrected chi connectivity index (χ4v) is 0.531. The van der Waals surface area contributed by atoms with Gasteiger partial charge in [0.15, 0.2) is 0 Å². The van der Waals surface area contributed by atoms with Crippen molar-refractivity contribution in [1.29, 1.82) is 0 Å². The summed E-state index contributed by atoms with van der Waals surface area (Å²) in [6, 6.07) is 0.104. The lowest BCUT2D eigenvalue weighted by molar-refractivity contribution is 0.675. The number of hydrogen-bond acceptors (Lipinski definition) is 2. The van der Waals surface area contributed by atoms with Gasteiger partial charge in [-0.15, -0.1) is 6.58 Å². The van der Waals surface area contributed by atoms with Gasteiger partial charge in [-0.3, -0.25) is 0 Å². The van der Waals surface area contributed by atoms with Gasteiger partial charge in [-0.25, -0.2) is 0 Å². The first-order valence-corrected chi connectivity index (χ1v) is 2.77. The van der Waals surface area contributed by atoms with E-state index in [4.69, 9.17) is 11.5 Å². The highest BCUT2D eigenvalue weighted by molar-refractivity contribution is 4.91. The molecule has 0 amide bonds. The zero-order valence-electron chi connectivity index (χ0n) is 5.35. The maximum atomic E-state index is 5.49. The van der Waals surface area contributed by atoms with Crippen LogP contribution in [0.1, 0.15) is 13.3 Å². The van der Waals surface area contributed by atoms with Crippen LogP contribution in [0.5, 0.6) is 0 Å². The monoisotopic (exact) mass is 114 g/mol. The fourth-order valence-electron chi connectivity index (χ4n) is 0.531. The SMILES string of the molecule is C=C(C)CC(N)CN. The number of rotatable bonds is 3. The van der Waals surface area contributed by atoms with Crippen molar-refractivity contribution < 1.29 is 0 Å². The van der Waals surface area contributed by atoms with E-state index in [1.54, 1.807) is 0 Å². The molecule has 0 spiro atoms. The smallest absolute Gasteiger partial charge is 0.0200 e. The van der Waals surface area contributed by atoms with Crippen molar-refractivity contribution in [3.05, 3.63) is 12.2 Å². The summed E-state index contributed by atoms with van der Waals surface area (Å²) < 4.78 is 0. The predicted molar refractivity (Wildman–Crippen MR) is 36.5 cm³/mol. The van der Waals surface area contributed by atoms with E-state index in [-0.39, 0.29) is 6.04 Å². The Kier molecular flexibility index (Phi) is 3.48. The Balaban J connectivity index is 3.24. The molecule has 0 aliphatic rings. The van der Waals surface area contributed by atoms with E-state index in [0.717, 1.165) is 12.0 Å². The van der Waals surface area contributed by atoms with E-state index in [1.165, 1.54) is 0 Å². The maximum absolute atomic E-state index is 5.49. The molecule has 8 heavy (non-hydrogen) atoms. The normalized spacial score (nSPS) is 13.4. The first-order chi connectivity index (χ1) is 3.66. The Bertz CT molecular complexity index is 78.6. The van der Waals surface area contributed by atoms with E-state index >= 15 is 0 Å². The van der Waals surface area contributed by atoms with Gasteiger partial charge in [-0.05, 0) is 13.3 Å². The van der Waals surface area contributed by atoms with Gasteiger partial charge in [0.1, 0.15) is 0 Å². The summed E-state index contributed by atoms with van der Waals surface area (Å²) in [7, 11) is 0. The molecule has 1 atom stereocenters. The molecule has 0 saturated carbocycles. The molecule has 0 saturated heterocycles. The van der Waals surface area contributed by atoms with Crippen LogP contribution in [-0.4, -0.2) is 12.6 Å². The maximum Gasteiger partial charge on any atom is 0.0200 e. The highest BCUT2D eigenvalue weighted by Gasteiger charge is 1.96. The van der Waals surface area contributed by atoms with Crippen molar-refractivity contribution in [2.45, 2.75) is 19.4 Å². The second-order valence-corrected chi connectivity index (χ2v) is 2.16. The zero-order chi connectivity index (χ0) is 6.57. The van der Waals surface area contributed by atoms with Gasteiger partial charge in [0.2, 0.25) is 0 Å². The van der Waals surface area contributed by atoms with Crippen LogP contribution >= 0.6 is 0 Å². The molecule has 1 unspecified atom stereocenters. The molecular formula is C6H14N2. The third kappa shape index (κ3) is 3.84. The molecular weight excluding hydrogens is 100 g/mol. The molecule has 2 heteroatoms. The lowest BCUT2D eigenvalue weighted by atomic mass is 10.1. The Labute approximate surface area is 50.6 Å². The van der Waals surface area contributed by atoms with E-state index in [1.807, 2.05) is 6.92 Å². The Morgan fingerprint density at radius 1 is 1.75 bits per heavy atom. The second-order valence-electron chi connectivity index (χ2n) is 2.16. The Hall–Kier alpha value is -0.340. The highest BCUT2D eigenvalue weighted by Crippen LogP contribution is 1.96. The summed E-state index contributed by atoms with van der Waals surface area (Å²) in [4.78, 5) is 0. The van der Waals surface area contributed by atoms with Crippen LogP contribution in [0.15, 0.2) is 12.2 Å². The third-order valence-electron chi connectivity index (χ3n) is 0.913. The summed E-state index contributed by atoms with van der Waals surface area (Å²) in [6.07, 6.45) is 0.844. The van der Waals surface area contributed by atoms with Crippen molar-refractivity contribution in [2.75, 3.05) is 6.54 Å². The van der Waals surface area contributed by atoms with E-state index in [2.05, 4.69) is 6.58 Å². The minimum absolute atomic E-state index is 0.104. The molecule has 0 heterocycles. The summed E-state index contributed by atoms with van der Waals surface area (Å²) in [5.74, 6) is 0. The van der Waals surface area contributed by atoms with Crippen LogP contribution in [0.3, 0.4) is 0 Å². The minimum Gasteiger partial charge on any atom is -0.329 e. The summed E-state index contributed by atoms with van der Waals surface area (Å²) >= 11 is 0. The molecule has 4 N–H and O–H groups in total. The average Bonchev–Trinajstić information content (AvgIpc) is 1.65. The third-order valence-corrected chi connectivity index (χ3v) is 0.913. The Morgan fingerprint density at radius 2 is 2.25 bits per heavy atom. The van der Waals surface area contributed by atoms with Crippen molar-refractivity contribution in [3.8, 4) is 0 Å². The molecule has 0 aliphatic heterocycles. The molecule has 0 rings (SSSR count). The van der Waals surface area contributed by atoms with Gasteiger partial charge in [0.25, 0.3) is 0 Å². The molecule has 0 bridgehead atoms. The van der Waals surface area contributed by atoms with Crippen LogP contribution in [0, 0.1) is 0 Å². The van der Waals surface area contributed by atoms with Crippen molar-refractivity contribution in [1.82, 2.24) is 0 Å². The lowest BCUT2D eigenvalue weighted by Gasteiger charge is -2.05. The summed E-state index contributed by atoms with van der Waals surface area (Å²) in [5, 5.41) is 0. The standard InChI is InChI=1S/C6H14N2/c1-5(2)3-6(8)4-7/h6H,1,3-4,7-8H2,2H3. The topological polar surface area (TPSA) is 52.0 Å². The number of nitrogens with two attached hydrogens (primary N) is 2. The van der Waals surface area contributed by atoms with Crippen LogP contribution in [0.25, 0.3) is 0 Å². The highest BCUT2D eigenvalue weighted by atomic mass is 14.7. The quantitative estimate of drug-likeness (QED) is 0.516. The molecule has 0 aromatic heterocycles. The van der Waals surface area contributed by atoms with Gasteiger partial charge in [0.05, 0.1) is 0 Å². The van der Waals surface area contributed by atoms with Gasteiger partial charge in [0, 0.05) is 12.6 Å². The molecule has 2 nitrogen and oxygen atoms in total. The second kappa shape index (κ2) is 3.64. The molecule has 0 aromatic rings. The van der Waals surface area contributed by atoms with Gasteiger partial charge < -0.3 is 11.5 Å². The van der Waals surface area contributed by atoms with Gasteiger partial charge in [-0.2, -0.15) is 0 Å². The van der Waals surface area contributed by atoms with Crippen molar-refractivity contribution in [2.24, 2.45) is 11.5 Å². The van der Waals surface area contributed by atoms with E-state index < -0.39 is 0 Å². The molecule has 0 aromatic carbocycles. The molecule has 0 radical (unpaired) electrons. The van der Waals surface area contributed by atoms with Gasteiger partial charge in [-0.1, -0.05) is 5.57 Å². The fraction of sp³-hybridized carbons (Fsp3) is 0.667. The average molecular weight is 114 g/mol. The van der Waals surface area contributed by atoms with Crippen LogP contribution in [0.4, 0.5) is 0 Å². The van der Waals surface area contributed by atoms with Crippen LogP contribution in [0.2, 0.25) is 0 Å². The number of hydrogen-bond donors (Lipinski definition) is 2. The molecule has 0 aliphatic carbocycles. The lowest BCUT2D eigenvalue weighted by Crippen LogP contribution is -2.29. The van der Waals surface area contributed by atoms with Crippen LogP contribution < -0.4 is 11.5 Å². The zero-order valence-corrected chi connectivity index (χ0v) is 5.35. The predicted octanol–water partition coefficient (Wildman–Crippen LogP) is 0.239. The summed E-state index contributed by atoms with van der Waals surface area (Å²) in [5.41, 5.74) is 11.8. The summed E-state index contributed by atoms with van der Waals surface area (Å²) in [6.45, 7) is 6.21. The van der Waals surface area contributed by atoms with Crippen molar-refractivity contribution >= 4 is 0 Å². The van der Waals surface area contributed by atoms with E-state index in [9.17, 15) is 0 Å². The molecule has 0 fully saturated rings. The largest absolute Gasteiger partial charge is 0.329 e. The first kappa shape index (κ1) is 7.66. The molecule has 48 valence electrons. The van der Waals surface area contributed by atoms with Gasteiger partial charge >= 0.3 is 0 Å². The van der Waals surface area contributed by atoms with Crippen molar-refractivity contribution in [3.63, 3.8) is 0 Å². The Morgan fingerprint density at radius 3 is 2.38 bits per heavy atom. The van der Waals surface area contributed by atoms with E-state index in [0.29, 0.717) is 6.54 Å². The van der Waals surface area contributed by atoms with Crippen LogP contribution in [-0.2, 0) is 0 Å². The minimum atomic E-state index is 0.104.